The van der Waals surface area contributed by atoms with Gasteiger partial charge in [-0.15, -0.1) is 23.1 Å². The summed E-state index contributed by atoms with van der Waals surface area (Å²) >= 11 is 3.00. The Morgan fingerprint density at radius 3 is 2.66 bits per heavy atom. The van der Waals surface area contributed by atoms with Gasteiger partial charge in [0.1, 0.15) is 16.8 Å². The molecule has 1 unspecified atom stereocenters. The zero-order valence-electron chi connectivity index (χ0n) is 17.4. The largest absolute Gasteiger partial charge is 0.497 e. The fraction of sp³-hybridized carbons (Fsp3) is 0.273. The van der Waals surface area contributed by atoms with Crippen LogP contribution in [-0.4, -0.2) is 54.9 Å². The van der Waals surface area contributed by atoms with Crippen LogP contribution in [0, 0.1) is 0 Å². The Labute approximate surface area is 195 Å². The third-order valence-electron chi connectivity index (χ3n) is 5.06. The minimum absolute atomic E-state index is 0.148. The number of benzene rings is 2. The lowest BCUT2D eigenvalue weighted by Gasteiger charge is -2.22. The number of thioether (sulfide) groups is 1. The van der Waals surface area contributed by atoms with Crippen LogP contribution in [0.1, 0.15) is 5.69 Å². The fourth-order valence-electron chi connectivity index (χ4n) is 3.32. The Morgan fingerprint density at radius 2 is 1.94 bits per heavy atom. The van der Waals surface area contributed by atoms with E-state index in [0.29, 0.717) is 24.5 Å². The van der Waals surface area contributed by atoms with E-state index >= 15 is 0 Å². The minimum Gasteiger partial charge on any atom is -0.497 e. The van der Waals surface area contributed by atoms with Gasteiger partial charge in [0.05, 0.1) is 23.6 Å². The summed E-state index contributed by atoms with van der Waals surface area (Å²) in [7, 11) is -2.25. The Morgan fingerprint density at radius 1 is 1.19 bits per heavy atom. The molecule has 4 rings (SSSR count). The quantitative estimate of drug-likeness (QED) is 0.523. The summed E-state index contributed by atoms with van der Waals surface area (Å²) < 4.78 is 32.5. The molecule has 0 spiro atoms. The van der Waals surface area contributed by atoms with Crippen LogP contribution >= 0.6 is 23.1 Å². The average Bonchev–Trinajstić information content (AvgIpc) is 3.50. The molecule has 7 nitrogen and oxygen atoms in total. The number of hydrogen-bond acceptors (Lipinski definition) is 7. The number of methoxy groups -OCH3 is 1. The van der Waals surface area contributed by atoms with E-state index in [4.69, 9.17) is 4.74 Å². The molecule has 0 bridgehead atoms. The van der Waals surface area contributed by atoms with E-state index in [1.165, 1.54) is 35.3 Å². The minimum atomic E-state index is -3.78. The fourth-order valence-corrected chi connectivity index (χ4v) is 7.33. The highest BCUT2D eigenvalue weighted by Crippen LogP contribution is 2.29. The molecule has 1 aliphatic heterocycles. The van der Waals surface area contributed by atoms with Crippen LogP contribution in [0.2, 0.25) is 0 Å². The van der Waals surface area contributed by atoms with Crippen molar-refractivity contribution in [2.45, 2.75) is 17.4 Å². The lowest BCUT2D eigenvalue weighted by atomic mass is 10.2. The predicted molar refractivity (Wildman–Crippen MR) is 127 cm³/mol. The van der Waals surface area contributed by atoms with Crippen LogP contribution in [0.3, 0.4) is 0 Å². The van der Waals surface area contributed by atoms with Crippen LogP contribution in [0.15, 0.2) is 64.9 Å². The SMILES string of the molecule is COc1ccc(S(=O)(=O)N2CSCC2C(=O)NCCc2csc(-c3ccccc3)n2)cc1. The molecule has 1 aliphatic rings. The normalized spacial score (nSPS) is 16.7. The highest BCUT2D eigenvalue weighted by Gasteiger charge is 2.39. The van der Waals surface area contributed by atoms with Gasteiger partial charge < -0.3 is 10.1 Å². The third kappa shape index (κ3) is 4.98. The number of amides is 1. The first-order chi connectivity index (χ1) is 15.5. The van der Waals surface area contributed by atoms with Crippen molar-refractivity contribution in [3.8, 4) is 16.3 Å². The third-order valence-corrected chi connectivity index (χ3v) is 9.05. The Bertz CT molecular complexity index is 1160. The molecular weight excluding hydrogens is 466 g/mol. The van der Waals surface area contributed by atoms with E-state index in [1.807, 2.05) is 35.7 Å². The lowest BCUT2D eigenvalue weighted by Crippen LogP contribution is -2.47. The number of rotatable bonds is 8. The molecular formula is C22H23N3O4S3. The zero-order valence-corrected chi connectivity index (χ0v) is 19.9. The molecule has 2 aromatic carbocycles. The smallest absolute Gasteiger partial charge is 0.244 e. The van der Waals surface area contributed by atoms with Crippen LogP contribution in [0.4, 0.5) is 0 Å². The summed E-state index contributed by atoms with van der Waals surface area (Å²) in [6, 6.07) is 15.4. The Balaban J connectivity index is 1.36. The maximum atomic E-state index is 13.1. The lowest BCUT2D eigenvalue weighted by molar-refractivity contribution is -0.123. The van der Waals surface area contributed by atoms with E-state index in [0.717, 1.165) is 16.3 Å². The van der Waals surface area contributed by atoms with Gasteiger partial charge in [-0.05, 0) is 24.3 Å². The number of hydrogen-bond donors (Lipinski definition) is 1. The van der Waals surface area contributed by atoms with Crippen LogP contribution in [0.25, 0.3) is 10.6 Å². The summed E-state index contributed by atoms with van der Waals surface area (Å²) in [5.41, 5.74) is 1.97. The maximum Gasteiger partial charge on any atom is 0.244 e. The predicted octanol–water partition coefficient (Wildman–Crippen LogP) is 3.24. The molecule has 0 aliphatic carbocycles. The Hall–Kier alpha value is -2.40. The van der Waals surface area contributed by atoms with E-state index in [1.54, 1.807) is 23.5 Å². The van der Waals surface area contributed by atoms with Crippen molar-refractivity contribution < 1.29 is 17.9 Å². The van der Waals surface area contributed by atoms with Gasteiger partial charge in [0.2, 0.25) is 15.9 Å². The van der Waals surface area contributed by atoms with Crippen LogP contribution in [0.5, 0.6) is 5.75 Å². The number of thiazole rings is 1. The summed E-state index contributed by atoms with van der Waals surface area (Å²) in [6.07, 6.45) is 0.583. The van der Waals surface area contributed by atoms with Crippen molar-refractivity contribution in [2.75, 3.05) is 25.3 Å². The number of aromatic nitrogens is 1. The number of ether oxygens (including phenoxy) is 1. The molecule has 10 heteroatoms. The average molecular weight is 490 g/mol. The highest BCUT2D eigenvalue weighted by molar-refractivity contribution is 8.00. The van der Waals surface area contributed by atoms with Crippen molar-refractivity contribution in [2.24, 2.45) is 0 Å². The molecule has 0 radical (unpaired) electrons. The molecule has 168 valence electrons. The number of carbonyl (C=O) groups is 1. The highest BCUT2D eigenvalue weighted by atomic mass is 32.2. The number of nitrogens with one attached hydrogen (secondary N) is 1. The van der Waals surface area contributed by atoms with Crippen molar-refractivity contribution in [3.63, 3.8) is 0 Å². The van der Waals surface area contributed by atoms with Gasteiger partial charge in [-0.2, -0.15) is 4.31 Å². The van der Waals surface area contributed by atoms with Gasteiger partial charge in [0.25, 0.3) is 0 Å². The monoisotopic (exact) mass is 489 g/mol. The number of carbonyl (C=O) groups excluding carboxylic acids is 1. The molecule has 3 aromatic rings. The summed E-state index contributed by atoms with van der Waals surface area (Å²) in [6.45, 7) is 0.397. The second kappa shape index (κ2) is 10.0. The van der Waals surface area contributed by atoms with Gasteiger partial charge in [-0.3, -0.25) is 4.79 Å². The summed E-state index contributed by atoms with van der Waals surface area (Å²) in [5.74, 6) is 0.965. The van der Waals surface area contributed by atoms with Gasteiger partial charge in [-0.1, -0.05) is 30.3 Å². The van der Waals surface area contributed by atoms with Gasteiger partial charge in [0.15, 0.2) is 0 Å². The summed E-state index contributed by atoms with van der Waals surface area (Å²) in [5, 5.41) is 5.81. The van der Waals surface area contributed by atoms with E-state index in [9.17, 15) is 13.2 Å². The maximum absolute atomic E-state index is 13.1. The first kappa shape index (κ1) is 22.8. The molecule has 1 saturated heterocycles. The molecule has 2 heterocycles. The molecule has 1 fully saturated rings. The molecule has 1 aromatic heterocycles. The molecule has 32 heavy (non-hydrogen) atoms. The zero-order chi connectivity index (χ0) is 22.6. The van der Waals surface area contributed by atoms with Crippen molar-refractivity contribution in [1.29, 1.82) is 0 Å². The van der Waals surface area contributed by atoms with Crippen molar-refractivity contribution in [1.82, 2.24) is 14.6 Å². The van der Waals surface area contributed by atoms with Crippen molar-refractivity contribution in [3.05, 3.63) is 65.7 Å². The van der Waals surface area contributed by atoms with E-state index < -0.39 is 16.1 Å². The topological polar surface area (TPSA) is 88.6 Å². The van der Waals surface area contributed by atoms with Gasteiger partial charge in [-0.25, -0.2) is 13.4 Å². The van der Waals surface area contributed by atoms with E-state index in [2.05, 4.69) is 10.3 Å². The molecule has 1 N–H and O–H groups in total. The van der Waals surface area contributed by atoms with Gasteiger partial charge >= 0.3 is 0 Å². The van der Waals surface area contributed by atoms with Crippen LogP contribution in [-0.2, 0) is 21.2 Å². The second-order valence-electron chi connectivity index (χ2n) is 7.13. The standard InChI is InChI=1S/C22H23N3O4S3/c1-29-18-7-9-19(10-8-18)32(27,28)25-15-30-14-20(25)21(26)23-12-11-17-13-31-22(24-17)16-5-3-2-4-6-16/h2-10,13,20H,11-12,14-15H2,1H3,(H,23,26). The molecule has 0 saturated carbocycles. The first-order valence-electron chi connectivity index (χ1n) is 10.0. The van der Waals surface area contributed by atoms with Crippen LogP contribution < -0.4 is 10.1 Å². The summed E-state index contributed by atoms with van der Waals surface area (Å²) in [4.78, 5) is 17.6. The van der Waals surface area contributed by atoms with E-state index in [-0.39, 0.29) is 16.7 Å². The van der Waals surface area contributed by atoms with Gasteiger partial charge in [0, 0.05) is 29.7 Å². The number of nitrogens with zero attached hydrogens (tertiary/aromatic N) is 2. The second-order valence-corrected chi connectivity index (χ2v) is 10.9. The molecule has 1 atom stereocenters. The number of sulfonamides is 1. The molecule has 1 amide bonds. The first-order valence-corrected chi connectivity index (χ1v) is 13.5. The Kier molecular flexibility index (Phi) is 7.14. The van der Waals surface area contributed by atoms with Crippen molar-refractivity contribution >= 4 is 39.0 Å².